The van der Waals surface area contributed by atoms with Crippen LogP contribution in [0.5, 0.6) is 0 Å². The minimum atomic E-state index is 0.569. The Bertz CT molecular complexity index is 159. The normalized spacial score (nSPS) is 39.9. The van der Waals surface area contributed by atoms with Gasteiger partial charge < -0.3 is 10.1 Å². The van der Waals surface area contributed by atoms with Crippen LogP contribution >= 0.6 is 11.8 Å². The first-order valence-corrected chi connectivity index (χ1v) is 6.42. The highest BCUT2D eigenvalue weighted by Gasteiger charge is 2.30. The van der Waals surface area contributed by atoms with E-state index in [1.165, 1.54) is 30.8 Å². The molecule has 2 rings (SSSR count). The van der Waals surface area contributed by atoms with Crippen LogP contribution in [0.2, 0.25) is 0 Å². The molecule has 0 aromatic heterocycles. The number of thioether (sulfide) groups is 1. The van der Waals surface area contributed by atoms with Crippen molar-refractivity contribution in [3.8, 4) is 0 Å². The van der Waals surface area contributed by atoms with Gasteiger partial charge in [0.2, 0.25) is 0 Å². The summed E-state index contributed by atoms with van der Waals surface area (Å²) in [7, 11) is 2.08. The highest BCUT2D eigenvalue weighted by Crippen LogP contribution is 2.30. The molecule has 0 aliphatic carbocycles. The van der Waals surface area contributed by atoms with Crippen molar-refractivity contribution in [3.05, 3.63) is 0 Å². The molecule has 2 fully saturated rings. The lowest BCUT2D eigenvalue weighted by Crippen LogP contribution is -2.34. The zero-order chi connectivity index (χ0) is 9.10. The van der Waals surface area contributed by atoms with Gasteiger partial charge in [-0.2, -0.15) is 11.8 Å². The van der Waals surface area contributed by atoms with Crippen LogP contribution in [0, 0.1) is 5.92 Å². The monoisotopic (exact) mass is 201 g/mol. The first-order chi connectivity index (χ1) is 6.40. The van der Waals surface area contributed by atoms with Crippen LogP contribution in [0.15, 0.2) is 0 Å². The number of nitrogens with one attached hydrogen (secondary N) is 1. The second-order valence-electron chi connectivity index (χ2n) is 4.06. The number of hydrogen-bond donors (Lipinski definition) is 1. The molecule has 3 heteroatoms. The Hall–Kier alpha value is 0.270. The first-order valence-electron chi connectivity index (χ1n) is 5.26. The third-order valence-electron chi connectivity index (χ3n) is 3.16. The molecule has 0 amide bonds. The fourth-order valence-electron chi connectivity index (χ4n) is 2.32. The zero-order valence-corrected chi connectivity index (χ0v) is 9.11. The van der Waals surface area contributed by atoms with Gasteiger partial charge >= 0.3 is 0 Å². The second kappa shape index (κ2) is 4.67. The van der Waals surface area contributed by atoms with Gasteiger partial charge in [-0.3, -0.25) is 0 Å². The summed E-state index contributed by atoms with van der Waals surface area (Å²) in [6, 6.07) is 0.731. The fraction of sp³-hybridized carbons (Fsp3) is 1.00. The summed E-state index contributed by atoms with van der Waals surface area (Å²) in [5, 5.41) is 3.41. The van der Waals surface area contributed by atoms with E-state index in [1.807, 2.05) is 0 Å². The van der Waals surface area contributed by atoms with Gasteiger partial charge in [0.05, 0.1) is 6.10 Å². The summed E-state index contributed by atoms with van der Waals surface area (Å²) in [4.78, 5) is 0. The van der Waals surface area contributed by atoms with Crippen molar-refractivity contribution in [1.82, 2.24) is 5.32 Å². The van der Waals surface area contributed by atoms with Crippen LogP contribution in [0.3, 0.4) is 0 Å². The fourth-order valence-corrected chi connectivity index (χ4v) is 3.82. The second-order valence-corrected chi connectivity index (χ2v) is 5.14. The minimum Gasteiger partial charge on any atom is -0.378 e. The van der Waals surface area contributed by atoms with Crippen LogP contribution < -0.4 is 5.32 Å². The molecule has 0 aromatic carbocycles. The van der Waals surface area contributed by atoms with Crippen molar-refractivity contribution in [3.63, 3.8) is 0 Å². The maximum atomic E-state index is 5.67. The molecule has 2 aliphatic heterocycles. The van der Waals surface area contributed by atoms with Crippen LogP contribution in [-0.4, -0.2) is 37.3 Å². The molecule has 0 radical (unpaired) electrons. The molecule has 3 unspecified atom stereocenters. The Kier molecular flexibility index (Phi) is 3.52. The standard InChI is InChI=1S/C10H19NOS/c1-11-10-7-13-6-8(10)5-9-3-2-4-12-9/h8-11H,2-7H2,1H3. The van der Waals surface area contributed by atoms with E-state index < -0.39 is 0 Å². The van der Waals surface area contributed by atoms with Crippen molar-refractivity contribution in [1.29, 1.82) is 0 Å². The first kappa shape index (κ1) is 9.81. The predicted molar refractivity (Wildman–Crippen MR) is 57.3 cm³/mol. The van der Waals surface area contributed by atoms with Gasteiger partial charge in [-0.05, 0) is 38.0 Å². The van der Waals surface area contributed by atoms with Crippen molar-refractivity contribution >= 4 is 11.8 Å². The Balaban J connectivity index is 1.79. The van der Waals surface area contributed by atoms with Gasteiger partial charge in [0.25, 0.3) is 0 Å². The van der Waals surface area contributed by atoms with Crippen molar-refractivity contribution in [2.24, 2.45) is 5.92 Å². The minimum absolute atomic E-state index is 0.569. The van der Waals surface area contributed by atoms with Crippen LogP contribution in [0.4, 0.5) is 0 Å². The largest absolute Gasteiger partial charge is 0.378 e. The lowest BCUT2D eigenvalue weighted by Gasteiger charge is -2.20. The summed E-state index contributed by atoms with van der Waals surface area (Å²) in [5.41, 5.74) is 0. The Labute approximate surface area is 84.8 Å². The molecule has 2 aliphatic rings. The SMILES string of the molecule is CNC1CSCC1CC1CCCO1. The molecular formula is C10H19NOS. The van der Waals surface area contributed by atoms with Crippen LogP contribution in [0.25, 0.3) is 0 Å². The molecule has 0 aromatic rings. The van der Waals surface area contributed by atoms with Gasteiger partial charge in [0.15, 0.2) is 0 Å². The lowest BCUT2D eigenvalue weighted by atomic mass is 9.95. The average molecular weight is 201 g/mol. The number of ether oxygens (including phenoxy) is 1. The van der Waals surface area contributed by atoms with E-state index >= 15 is 0 Å². The van der Waals surface area contributed by atoms with Crippen LogP contribution in [-0.2, 0) is 4.74 Å². The van der Waals surface area contributed by atoms with E-state index in [-0.39, 0.29) is 0 Å². The molecule has 13 heavy (non-hydrogen) atoms. The Morgan fingerprint density at radius 2 is 2.38 bits per heavy atom. The third-order valence-corrected chi connectivity index (χ3v) is 4.42. The van der Waals surface area contributed by atoms with E-state index in [0.717, 1.165) is 18.6 Å². The summed E-state index contributed by atoms with van der Waals surface area (Å²) >= 11 is 2.08. The molecule has 0 spiro atoms. The quantitative estimate of drug-likeness (QED) is 0.748. The molecular weight excluding hydrogens is 182 g/mol. The molecule has 0 bridgehead atoms. The smallest absolute Gasteiger partial charge is 0.0579 e. The molecule has 0 saturated carbocycles. The molecule has 2 nitrogen and oxygen atoms in total. The third kappa shape index (κ3) is 2.39. The lowest BCUT2D eigenvalue weighted by molar-refractivity contribution is 0.0892. The van der Waals surface area contributed by atoms with Crippen molar-refractivity contribution < 1.29 is 4.74 Å². The van der Waals surface area contributed by atoms with Gasteiger partial charge in [0.1, 0.15) is 0 Å². The summed E-state index contributed by atoms with van der Waals surface area (Å²) < 4.78 is 5.67. The predicted octanol–water partition coefficient (Wildman–Crippen LogP) is 1.51. The number of hydrogen-bond acceptors (Lipinski definition) is 3. The van der Waals surface area contributed by atoms with Gasteiger partial charge in [-0.1, -0.05) is 0 Å². The molecule has 76 valence electrons. The molecule has 2 saturated heterocycles. The molecule has 1 N–H and O–H groups in total. The van der Waals surface area contributed by atoms with Gasteiger partial charge in [-0.15, -0.1) is 0 Å². The zero-order valence-electron chi connectivity index (χ0n) is 8.29. The topological polar surface area (TPSA) is 21.3 Å². The van der Waals surface area contributed by atoms with Gasteiger partial charge in [-0.25, -0.2) is 0 Å². The van der Waals surface area contributed by atoms with Crippen molar-refractivity contribution in [2.45, 2.75) is 31.4 Å². The average Bonchev–Trinajstić information content (AvgIpc) is 2.76. The Morgan fingerprint density at radius 3 is 3.08 bits per heavy atom. The van der Waals surface area contributed by atoms with E-state index in [2.05, 4.69) is 24.1 Å². The van der Waals surface area contributed by atoms with Crippen LogP contribution in [0.1, 0.15) is 19.3 Å². The summed E-state index contributed by atoms with van der Waals surface area (Å²) in [6.45, 7) is 0.995. The van der Waals surface area contributed by atoms with E-state index in [1.54, 1.807) is 0 Å². The van der Waals surface area contributed by atoms with E-state index in [4.69, 9.17) is 4.74 Å². The van der Waals surface area contributed by atoms with Crippen molar-refractivity contribution in [2.75, 3.05) is 25.2 Å². The molecule has 3 atom stereocenters. The summed E-state index contributed by atoms with van der Waals surface area (Å²) in [5.74, 6) is 3.46. The van der Waals surface area contributed by atoms with Gasteiger partial charge in [0, 0.05) is 18.4 Å². The summed E-state index contributed by atoms with van der Waals surface area (Å²) in [6.07, 6.45) is 4.41. The highest BCUT2D eigenvalue weighted by atomic mass is 32.2. The maximum Gasteiger partial charge on any atom is 0.0579 e. The Morgan fingerprint density at radius 1 is 1.46 bits per heavy atom. The molecule has 2 heterocycles. The highest BCUT2D eigenvalue weighted by molar-refractivity contribution is 7.99. The van der Waals surface area contributed by atoms with E-state index in [0.29, 0.717) is 6.10 Å². The number of rotatable bonds is 3. The van der Waals surface area contributed by atoms with E-state index in [9.17, 15) is 0 Å². The maximum absolute atomic E-state index is 5.67.